The zero-order valence-corrected chi connectivity index (χ0v) is 10.6. The lowest BCUT2D eigenvalue weighted by Gasteiger charge is -2.10. The van der Waals surface area contributed by atoms with Crippen molar-refractivity contribution in [2.75, 3.05) is 0 Å². The second kappa shape index (κ2) is 5.05. The van der Waals surface area contributed by atoms with Crippen LogP contribution in [-0.4, -0.2) is 20.5 Å². The molecule has 2 heterocycles. The van der Waals surface area contributed by atoms with E-state index in [9.17, 15) is 9.90 Å². The van der Waals surface area contributed by atoms with Gasteiger partial charge in [-0.15, -0.1) is 0 Å². The standard InChI is InChI=1S/C15H12N2O3/c18-15(19)14-12(6-7-13-16-8-9-17(13)14)20-10-11-4-2-1-3-5-11/h1-9H,10H2,(H,18,19). The number of rotatable bonds is 4. The summed E-state index contributed by atoms with van der Waals surface area (Å²) in [4.78, 5) is 15.5. The lowest BCUT2D eigenvalue weighted by atomic mass is 10.2. The van der Waals surface area contributed by atoms with E-state index in [2.05, 4.69) is 4.98 Å². The molecule has 1 aromatic carbocycles. The van der Waals surface area contributed by atoms with Crippen molar-refractivity contribution in [2.45, 2.75) is 6.61 Å². The topological polar surface area (TPSA) is 63.8 Å². The average molecular weight is 268 g/mol. The molecule has 0 saturated heterocycles. The molecule has 0 saturated carbocycles. The van der Waals surface area contributed by atoms with E-state index in [0.29, 0.717) is 18.0 Å². The first-order chi connectivity index (χ1) is 9.75. The van der Waals surface area contributed by atoms with Crippen LogP contribution in [0.1, 0.15) is 16.1 Å². The van der Waals surface area contributed by atoms with E-state index in [0.717, 1.165) is 5.56 Å². The highest BCUT2D eigenvalue weighted by Crippen LogP contribution is 2.21. The van der Waals surface area contributed by atoms with Crippen LogP contribution in [0, 0.1) is 0 Å². The Balaban J connectivity index is 1.94. The Bertz CT molecular complexity index is 750. The number of nitrogens with zero attached hydrogens (tertiary/aromatic N) is 2. The van der Waals surface area contributed by atoms with E-state index in [-0.39, 0.29) is 5.69 Å². The van der Waals surface area contributed by atoms with Gasteiger partial charge in [-0.1, -0.05) is 30.3 Å². The number of ether oxygens (including phenoxy) is 1. The Kier molecular flexibility index (Phi) is 3.09. The molecule has 100 valence electrons. The quantitative estimate of drug-likeness (QED) is 0.790. The summed E-state index contributed by atoms with van der Waals surface area (Å²) < 4.78 is 7.14. The fourth-order valence-corrected chi connectivity index (χ4v) is 2.04. The Morgan fingerprint density at radius 2 is 2.00 bits per heavy atom. The minimum Gasteiger partial charge on any atom is -0.486 e. The molecule has 3 aromatic rings. The highest BCUT2D eigenvalue weighted by Gasteiger charge is 2.16. The van der Waals surface area contributed by atoms with Gasteiger partial charge in [0.25, 0.3) is 0 Å². The summed E-state index contributed by atoms with van der Waals surface area (Å²) in [6.07, 6.45) is 3.16. The molecule has 0 aliphatic carbocycles. The summed E-state index contributed by atoms with van der Waals surface area (Å²) in [5, 5.41) is 9.35. The zero-order valence-electron chi connectivity index (χ0n) is 10.6. The second-order valence-corrected chi connectivity index (χ2v) is 4.28. The predicted octanol–water partition coefficient (Wildman–Crippen LogP) is 2.61. The predicted molar refractivity (Wildman–Crippen MR) is 72.9 cm³/mol. The van der Waals surface area contributed by atoms with Crippen molar-refractivity contribution >= 4 is 11.6 Å². The molecule has 0 spiro atoms. The van der Waals surface area contributed by atoms with E-state index in [1.54, 1.807) is 24.5 Å². The first-order valence-electron chi connectivity index (χ1n) is 6.12. The monoisotopic (exact) mass is 268 g/mol. The first-order valence-corrected chi connectivity index (χ1v) is 6.12. The molecule has 0 fully saturated rings. The number of fused-ring (bicyclic) bond motifs is 1. The Labute approximate surface area is 115 Å². The molecular weight excluding hydrogens is 256 g/mol. The third-order valence-corrected chi connectivity index (χ3v) is 2.97. The van der Waals surface area contributed by atoms with E-state index in [1.807, 2.05) is 30.3 Å². The van der Waals surface area contributed by atoms with Crippen molar-refractivity contribution in [3.63, 3.8) is 0 Å². The van der Waals surface area contributed by atoms with E-state index in [1.165, 1.54) is 4.40 Å². The van der Waals surface area contributed by atoms with E-state index < -0.39 is 5.97 Å². The number of aromatic nitrogens is 2. The summed E-state index contributed by atoms with van der Waals surface area (Å²) in [6.45, 7) is 0.321. The van der Waals surface area contributed by atoms with Crippen LogP contribution in [0.5, 0.6) is 5.75 Å². The van der Waals surface area contributed by atoms with Crippen LogP contribution in [0.2, 0.25) is 0 Å². The average Bonchev–Trinajstić information content (AvgIpc) is 2.93. The van der Waals surface area contributed by atoms with Crippen LogP contribution in [-0.2, 0) is 6.61 Å². The smallest absolute Gasteiger partial charge is 0.356 e. The molecule has 5 heteroatoms. The number of aromatic carboxylic acids is 1. The van der Waals surface area contributed by atoms with Crippen molar-refractivity contribution in [3.05, 3.63) is 66.1 Å². The third kappa shape index (κ3) is 2.21. The van der Waals surface area contributed by atoms with Crippen LogP contribution in [0.3, 0.4) is 0 Å². The first kappa shape index (κ1) is 12.2. The highest BCUT2D eigenvalue weighted by molar-refractivity contribution is 5.89. The van der Waals surface area contributed by atoms with Crippen molar-refractivity contribution in [1.82, 2.24) is 9.38 Å². The number of hydrogen-bond donors (Lipinski definition) is 1. The van der Waals surface area contributed by atoms with Gasteiger partial charge in [0.05, 0.1) is 0 Å². The van der Waals surface area contributed by atoms with E-state index in [4.69, 9.17) is 4.74 Å². The van der Waals surface area contributed by atoms with Crippen molar-refractivity contribution in [2.24, 2.45) is 0 Å². The van der Waals surface area contributed by atoms with Gasteiger partial charge in [0.15, 0.2) is 11.4 Å². The number of carbonyl (C=O) groups is 1. The molecule has 0 aliphatic heterocycles. The molecular formula is C15H12N2O3. The molecule has 20 heavy (non-hydrogen) atoms. The van der Waals surface area contributed by atoms with E-state index >= 15 is 0 Å². The lowest BCUT2D eigenvalue weighted by molar-refractivity contribution is 0.0683. The van der Waals surface area contributed by atoms with Crippen molar-refractivity contribution < 1.29 is 14.6 Å². The lowest BCUT2D eigenvalue weighted by Crippen LogP contribution is -2.09. The molecule has 2 aromatic heterocycles. The molecule has 0 amide bonds. The molecule has 0 unspecified atom stereocenters. The number of carboxylic acid groups (broad SMARTS) is 1. The van der Waals surface area contributed by atoms with Crippen LogP contribution >= 0.6 is 0 Å². The molecule has 0 aliphatic rings. The Hall–Kier alpha value is -2.82. The van der Waals surface area contributed by atoms with Gasteiger partial charge in [0.2, 0.25) is 0 Å². The van der Waals surface area contributed by atoms with Crippen LogP contribution in [0.4, 0.5) is 0 Å². The maximum Gasteiger partial charge on any atom is 0.356 e. The maximum absolute atomic E-state index is 11.4. The van der Waals surface area contributed by atoms with Gasteiger partial charge in [-0.05, 0) is 17.7 Å². The maximum atomic E-state index is 11.4. The second-order valence-electron chi connectivity index (χ2n) is 4.28. The SMILES string of the molecule is O=C(O)c1c(OCc2ccccc2)ccc2nccn12. The largest absolute Gasteiger partial charge is 0.486 e. The van der Waals surface area contributed by atoms with Crippen molar-refractivity contribution in [1.29, 1.82) is 0 Å². The fraction of sp³-hybridized carbons (Fsp3) is 0.0667. The van der Waals surface area contributed by atoms with Crippen LogP contribution in [0.15, 0.2) is 54.9 Å². The summed E-state index contributed by atoms with van der Waals surface area (Å²) in [6, 6.07) is 13.0. The summed E-state index contributed by atoms with van der Waals surface area (Å²) in [7, 11) is 0. The van der Waals surface area contributed by atoms with Gasteiger partial charge in [-0.25, -0.2) is 9.78 Å². The van der Waals surface area contributed by atoms with Crippen molar-refractivity contribution in [3.8, 4) is 5.75 Å². The number of benzene rings is 1. The number of carboxylic acids is 1. The third-order valence-electron chi connectivity index (χ3n) is 2.97. The summed E-state index contributed by atoms with van der Waals surface area (Å²) in [5.41, 5.74) is 1.64. The number of pyridine rings is 1. The van der Waals surface area contributed by atoms with Gasteiger partial charge in [0.1, 0.15) is 12.3 Å². The Morgan fingerprint density at radius 3 is 2.75 bits per heavy atom. The molecule has 5 nitrogen and oxygen atoms in total. The molecule has 3 rings (SSSR count). The minimum absolute atomic E-state index is 0.0796. The van der Waals surface area contributed by atoms with Crippen LogP contribution < -0.4 is 4.74 Å². The van der Waals surface area contributed by atoms with Crippen LogP contribution in [0.25, 0.3) is 5.65 Å². The number of imidazole rings is 1. The highest BCUT2D eigenvalue weighted by atomic mass is 16.5. The van der Waals surface area contributed by atoms with Gasteiger partial charge in [0, 0.05) is 12.4 Å². The summed E-state index contributed by atoms with van der Waals surface area (Å²) in [5.74, 6) is -0.719. The van der Waals surface area contributed by atoms with Gasteiger partial charge in [-0.2, -0.15) is 0 Å². The number of hydrogen-bond acceptors (Lipinski definition) is 3. The normalized spacial score (nSPS) is 10.6. The van der Waals surface area contributed by atoms with Gasteiger partial charge >= 0.3 is 5.97 Å². The fourth-order valence-electron chi connectivity index (χ4n) is 2.04. The molecule has 1 N–H and O–H groups in total. The minimum atomic E-state index is -1.04. The summed E-state index contributed by atoms with van der Waals surface area (Å²) >= 11 is 0. The molecule has 0 atom stereocenters. The molecule has 0 bridgehead atoms. The Morgan fingerprint density at radius 1 is 1.20 bits per heavy atom. The van der Waals surface area contributed by atoms with Gasteiger partial charge in [-0.3, -0.25) is 4.40 Å². The zero-order chi connectivity index (χ0) is 13.9. The van der Waals surface area contributed by atoms with Gasteiger partial charge < -0.3 is 9.84 Å². The molecule has 0 radical (unpaired) electrons.